The number of para-hydroxylation sites is 2. The predicted molar refractivity (Wildman–Crippen MR) is 136 cm³/mol. The summed E-state index contributed by atoms with van der Waals surface area (Å²) in [4.78, 5) is 10.4. The van der Waals surface area contributed by atoms with Gasteiger partial charge >= 0.3 is 0 Å². The summed E-state index contributed by atoms with van der Waals surface area (Å²) in [6.45, 7) is 5.94. The van der Waals surface area contributed by atoms with Crippen LogP contribution in [-0.2, 0) is 12.8 Å². The van der Waals surface area contributed by atoms with E-state index in [0.29, 0.717) is 12.1 Å². The maximum Gasteiger partial charge on any atom is 0.0504 e. The summed E-state index contributed by atoms with van der Waals surface area (Å²) in [5.41, 5.74) is 8.70. The van der Waals surface area contributed by atoms with Gasteiger partial charge in [0.15, 0.2) is 0 Å². The van der Waals surface area contributed by atoms with Crippen LogP contribution >= 0.6 is 0 Å². The summed E-state index contributed by atoms with van der Waals surface area (Å²) in [6, 6.07) is 18.7. The lowest BCUT2D eigenvalue weighted by Crippen LogP contribution is -2.46. The molecule has 7 rings (SSSR count). The fraction of sp³-hybridized carbons (Fsp3) is 0.448. The van der Waals surface area contributed by atoms with Crippen LogP contribution in [0.5, 0.6) is 0 Å². The third kappa shape index (κ3) is 3.11. The average Bonchev–Trinajstić information content (AvgIpc) is 3.43. The van der Waals surface area contributed by atoms with Crippen molar-refractivity contribution in [1.29, 1.82) is 0 Å². The van der Waals surface area contributed by atoms with Crippen molar-refractivity contribution in [3.05, 3.63) is 71.0 Å². The second kappa shape index (κ2) is 7.75. The quantitative estimate of drug-likeness (QED) is 0.374. The molecular formula is C29H34N4. The molecule has 1 unspecified atom stereocenters. The van der Waals surface area contributed by atoms with Gasteiger partial charge in [-0.3, -0.25) is 4.90 Å². The van der Waals surface area contributed by atoms with Crippen LogP contribution in [0.3, 0.4) is 0 Å². The Morgan fingerprint density at radius 2 is 1.55 bits per heavy atom. The van der Waals surface area contributed by atoms with Crippen molar-refractivity contribution < 1.29 is 0 Å². The Labute approximate surface area is 195 Å². The molecule has 0 amide bonds. The standard InChI is InChI=1S/C29H34N4/c1-2-18-17-33-14-12-23-21-8-4-6-10-25(21)32-29(23)27(33)16-19(18)15-26-28-22(11-13-30-26)20-7-3-5-9-24(20)31-28/h3-10,18-19,26-27,30-32H,2,11-17H2,1H3/t18?,19-,26+,27-/m0/s1. The molecule has 0 bridgehead atoms. The Kier molecular flexibility index (Phi) is 4.66. The lowest BCUT2D eigenvalue weighted by molar-refractivity contribution is 0.0419. The van der Waals surface area contributed by atoms with E-state index < -0.39 is 0 Å². The van der Waals surface area contributed by atoms with E-state index in [4.69, 9.17) is 0 Å². The molecule has 3 aliphatic rings. The van der Waals surface area contributed by atoms with Crippen LogP contribution in [0.25, 0.3) is 21.8 Å². The number of H-pyrrole nitrogens is 2. The number of hydrogen-bond acceptors (Lipinski definition) is 2. The first-order valence-corrected chi connectivity index (χ1v) is 13.0. The minimum Gasteiger partial charge on any atom is -0.357 e. The zero-order chi connectivity index (χ0) is 21.9. The summed E-state index contributed by atoms with van der Waals surface area (Å²) in [5.74, 6) is 1.52. The van der Waals surface area contributed by atoms with Gasteiger partial charge in [0.2, 0.25) is 0 Å². The smallest absolute Gasteiger partial charge is 0.0504 e. The molecule has 0 spiro atoms. The summed E-state index contributed by atoms with van der Waals surface area (Å²) in [6.07, 6.45) is 6.09. The van der Waals surface area contributed by atoms with Gasteiger partial charge in [-0.15, -0.1) is 0 Å². The van der Waals surface area contributed by atoms with Gasteiger partial charge in [-0.25, -0.2) is 0 Å². The molecule has 3 N–H and O–H groups in total. The number of aromatic amines is 2. The molecule has 1 fully saturated rings. The lowest BCUT2D eigenvalue weighted by Gasteiger charge is -2.47. The number of aromatic nitrogens is 2. The molecule has 0 saturated carbocycles. The van der Waals surface area contributed by atoms with Gasteiger partial charge in [0.25, 0.3) is 0 Å². The topological polar surface area (TPSA) is 46.9 Å². The van der Waals surface area contributed by atoms with Crippen molar-refractivity contribution in [2.24, 2.45) is 11.8 Å². The largest absolute Gasteiger partial charge is 0.357 e. The van der Waals surface area contributed by atoms with Gasteiger partial charge in [0.05, 0.1) is 6.04 Å². The number of rotatable bonds is 3. The first-order valence-electron chi connectivity index (χ1n) is 13.0. The van der Waals surface area contributed by atoms with Gasteiger partial charge in [-0.05, 0) is 67.3 Å². The number of hydrogen-bond donors (Lipinski definition) is 3. The van der Waals surface area contributed by atoms with Gasteiger partial charge in [-0.2, -0.15) is 0 Å². The minimum absolute atomic E-state index is 0.442. The Morgan fingerprint density at radius 1 is 0.848 bits per heavy atom. The van der Waals surface area contributed by atoms with Crippen LogP contribution in [0.4, 0.5) is 0 Å². The fourth-order valence-corrected chi connectivity index (χ4v) is 7.30. The van der Waals surface area contributed by atoms with Gasteiger partial charge < -0.3 is 15.3 Å². The van der Waals surface area contributed by atoms with E-state index in [1.807, 2.05) is 0 Å². The number of nitrogens with zero attached hydrogens (tertiary/aromatic N) is 1. The van der Waals surface area contributed by atoms with Gasteiger partial charge in [0, 0.05) is 52.3 Å². The van der Waals surface area contributed by atoms with Crippen molar-refractivity contribution in [2.75, 3.05) is 19.6 Å². The molecule has 170 valence electrons. The Hall–Kier alpha value is -2.56. The third-order valence-electron chi connectivity index (χ3n) is 8.96. The Morgan fingerprint density at radius 3 is 2.30 bits per heavy atom. The second-order valence-corrected chi connectivity index (χ2v) is 10.5. The van der Waals surface area contributed by atoms with E-state index in [-0.39, 0.29) is 0 Å². The maximum absolute atomic E-state index is 3.89. The maximum atomic E-state index is 3.89. The molecule has 2 aromatic carbocycles. The van der Waals surface area contributed by atoms with Crippen LogP contribution < -0.4 is 5.32 Å². The minimum atomic E-state index is 0.442. The fourth-order valence-electron chi connectivity index (χ4n) is 7.30. The highest BCUT2D eigenvalue weighted by molar-refractivity contribution is 5.86. The van der Waals surface area contributed by atoms with Crippen molar-refractivity contribution in [2.45, 2.75) is 51.1 Å². The van der Waals surface area contributed by atoms with E-state index >= 15 is 0 Å². The van der Waals surface area contributed by atoms with Crippen LogP contribution in [0.1, 0.15) is 60.8 Å². The van der Waals surface area contributed by atoms with Crippen molar-refractivity contribution in [1.82, 2.24) is 20.2 Å². The van der Waals surface area contributed by atoms with Gasteiger partial charge in [-0.1, -0.05) is 49.7 Å². The molecule has 0 radical (unpaired) electrons. The summed E-state index contributed by atoms with van der Waals surface area (Å²) >= 11 is 0. The van der Waals surface area contributed by atoms with Crippen molar-refractivity contribution >= 4 is 21.8 Å². The number of nitrogens with one attached hydrogen (secondary N) is 3. The zero-order valence-electron chi connectivity index (χ0n) is 19.5. The normalized spacial score (nSPS) is 27.4. The second-order valence-electron chi connectivity index (χ2n) is 10.5. The molecule has 1 saturated heterocycles. The molecule has 3 aliphatic heterocycles. The van der Waals surface area contributed by atoms with E-state index in [9.17, 15) is 0 Å². The van der Waals surface area contributed by atoms with E-state index in [1.54, 1.807) is 11.1 Å². The first-order chi connectivity index (χ1) is 16.3. The number of fused-ring (bicyclic) bond motifs is 8. The molecule has 33 heavy (non-hydrogen) atoms. The molecule has 5 heterocycles. The zero-order valence-corrected chi connectivity index (χ0v) is 19.5. The van der Waals surface area contributed by atoms with Crippen molar-refractivity contribution in [3.8, 4) is 0 Å². The average molecular weight is 439 g/mol. The highest BCUT2D eigenvalue weighted by atomic mass is 15.2. The SMILES string of the molecule is CCC1CN2CCc3c([nH]c4ccccc34)[C@@H]2C[C@@H]1C[C@H]1NCCc2c1[nH]c1ccccc21. The third-order valence-corrected chi connectivity index (χ3v) is 8.96. The van der Waals surface area contributed by atoms with Crippen molar-refractivity contribution in [3.63, 3.8) is 0 Å². The molecule has 2 aromatic heterocycles. The van der Waals surface area contributed by atoms with Crippen LogP contribution in [0, 0.1) is 11.8 Å². The van der Waals surface area contributed by atoms with E-state index in [1.165, 1.54) is 72.0 Å². The summed E-state index contributed by atoms with van der Waals surface area (Å²) in [7, 11) is 0. The first kappa shape index (κ1) is 19.9. The molecule has 0 aliphatic carbocycles. The molecular weight excluding hydrogens is 404 g/mol. The van der Waals surface area contributed by atoms with Gasteiger partial charge in [0.1, 0.15) is 0 Å². The molecule has 4 atom stereocenters. The van der Waals surface area contributed by atoms with Crippen LogP contribution in [0.15, 0.2) is 48.5 Å². The highest BCUT2D eigenvalue weighted by Crippen LogP contribution is 2.46. The van der Waals surface area contributed by atoms with Crippen LogP contribution in [0.2, 0.25) is 0 Å². The molecule has 4 heteroatoms. The number of piperidine rings is 1. The Bertz CT molecular complexity index is 1310. The number of benzene rings is 2. The lowest BCUT2D eigenvalue weighted by atomic mass is 9.74. The summed E-state index contributed by atoms with van der Waals surface area (Å²) in [5, 5.41) is 6.76. The predicted octanol–water partition coefficient (Wildman–Crippen LogP) is 5.87. The summed E-state index contributed by atoms with van der Waals surface area (Å²) < 4.78 is 0. The molecule has 4 aromatic rings. The van der Waals surface area contributed by atoms with Crippen LogP contribution in [-0.4, -0.2) is 34.5 Å². The molecule has 4 nitrogen and oxygen atoms in total. The highest BCUT2D eigenvalue weighted by Gasteiger charge is 2.41. The van der Waals surface area contributed by atoms with E-state index in [2.05, 4.69) is 75.6 Å². The monoisotopic (exact) mass is 438 g/mol. The Balaban J connectivity index is 1.21. The van der Waals surface area contributed by atoms with E-state index in [0.717, 1.165) is 24.8 Å².